The summed E-state index contributed by atoms with van der Waals surface area (Å²) in [5.74, 6) is -0.911. The number of carbonyl (C=O) groups excluding carboxylic acids is 3. The van der Waals surface area contributed by atoms with Gasteiger partial charge in [-0.3, -0.25) is 9.59 Å². The fourth-order valence-electron chi connectivity index (χ4n) is 3.15. The lowest BCUT2D eigenvalue weighted by atomic mass is 9.84. The van der Waals surface area contributed by atoms with Gasteiger partial charge >= 0.3 is 5.97 Å². The smallest absolute Gasteiger partial charge is 0.333 e. The molecule has 0 aromatic carbocycles. The van der Waals surface area contributed by atoms with Crippen LogP contribution in [0.15, 0.2) is 11.6 Å². The van der Waals surface area contributed by atoms with Crippen LogP contribution in [0.4, 0.5) is 0 Å². The molecule has 0 spiro atoms. The van der Waals surface area contributed by atoms with Crippen molar-refractivity contribution >= 4 is 17.8 Å². The predicted molar refractivity (Wildman–Crippen MR) is 123 cm³/mol. The Morgan fingerprint density at radius 3 is 2.06 bits per heavy atom. The molecule has 8 nitrogen and oxygen atoms in total. The highest BCUT2D eigenvalue weighted by Crippen LogP contribution is 2.24. The number of hydrogen-bond donors (Lipinski definition) is 2. The van der Waals surface area contributed by atoms with Crippen molar-refractivity contribution in [2.75, 3.05) is 34.4 Å². The molecule has 0 aliphatic carbocycles. The molecule has 2 N–H and O–H groups in total. The molecule has 3 unspecified atom stereocenters. The van der Waals surface area contributed by atoms with Crippen molar-refractivity contribution in [1.82, 2.24) is 15.5 Å². The Hall–Kier alpha value is -1.93. The second-order valence-corrected chi connectivity index (χ2v) is 9.54. The van der Waals surface area contributed by atoms with E-state index < -0.39 is 23.0 Å². The number of hydrogen-bond acceptors (Lipinski definition) is 6. The van der Waals surface area contributed by atoms with E-state index in [0.29, 0.717) is 5.57 Å². The molecule has 0 heterocycles. The summed E-state index contributed by atoms with van der Waals surface area (Å²) in [6, 6.07) is -1.11. The van der Waals surface area contributed by atoms with Gasteiger partial charge in [0, 0.05) is 19.7 Å². The topological polar surface area (TPSA) is 97.0 Å². The molecule has 0 radical (unpaired) electrons. The van der Waals surface area contributed by atoms with Crippen LogP contribution in [0.2, 0.25) is 0 Å². The molecule has 3 atom stereocenters. The van der Waals surface area contributed by atoms with E-state index >= 15 is 0 Å². The van der Waals surface area contributed by atoms with Crippen molar-refractivity contribution in [1.29, 1.82) is 0 Å². The molecule has 0 saturated heterocycles. The first kappa shape index (κ1) is 29.1. The Labute approximate surface area is 188 Å². The average molecular weight is 442 g/mol. The second-order valence-electron chi connectivity index (χ2n) is 9.54. The minimum absolute atomic E-state index is 0.0470. The fraction of sp³-hybridized carbons (Fsp3) is 0.783. The number of methoxy groups -OCH3 is 1. The minimum atomic E-state index is -0.977. The highest BCUT2D eigenvalue weighted by Gasteiger charge is 2.41. The Balaban J connectivity index is 5.91. The zero-order valence-corrected chi connectivity index (χ0v) is 21.2. The first-order valence-corrected chi connectivity index (χ1v) is 10.8. The third-order valence-electron chi connectivity index (χ3n) is 5.37. The zero-order chi connectivity index (χ0) is 24.6. The highest BCUT2D eigenvalue weighted by atomic mass is 16.5. The van der Waals surface area contributed by atoms with Crippen molar-refractivity contribution < 1.29 is 23.9 Å². The van der Waals surface area contributed by atoms with Gasteiger partial charge < -0.3 is 25.0 Å². The maximum Gasteiger partial charge on any atom is 0.333 e. The van der Waals surface area contributed by atoms with E-state index in [2.05, 4.69) is 10.6 Å². The van der Waals surface area contributed by atoms with Gasteiger partial charge in [0.2, 0.25) is 11.8 Å². The maximum atomic E-state index is 13.5. The van der Waals surface area contributed by atoms with Crippen molar-refractivity contribution in [3.8, 4) is 0 Å². The van der Waals surface area contributed by atoms with Gasteiger partial charge in [-0.25, -0.2) is 4.79 Å². The highest BCUT2D eigenvalue weighted by molar-refractivity contribution is 5.93. The number of ether oxygens (including phenoxy) is 2. The lowest BCUT2D eigenvalue weighted by molar-refractivity contribution is -0.142. The van der Waals surface area contributed by atoms with Crippen LogP contribution < -0.4 is 10.6 Å². The maximum absolute atomic E-state index is 13.5. The normalized spacial score (nSPS) is 16.3. The summed E-state index contributed by atoms with van der Waals surface area (Å²) < 4.78 is 10.2. The minimum Gasteiger partial charge on any atom is -0.463 e. The molecule has 0 fully saturated rings. The second kappa shape index (κ2) is 12.2. The molecule has 8 heteroatoms. The number of esters is 1. The lowest BCUT2D eigenvalue weighted by Crippen LogP contribution is -2.63. The zero-order valence-electron chi connectivity index (χ0n) is 21.2. The van der Waals surface area contributed by atoms with Crippen LogP contribution in [-0.4, -0.2) is 74.7 Å². The Morgan fingerprint density at radius 2 is 1.68 bits per heavy atom. The third kappa shape index (κ3) is 8.26. The molecule has 31 heavy (non-hydrogen) atoms. The summed E-state index contributed by atoms with van der Waals surface area (Å²) >= 11 is 0. The number of nitrogens with zero attached hydrogens (tertiary/aromatic N) is 1. The molecule has 0 rings (SSSR count). The van der Waals surface area contributed by atoms with E-state index in [4.69, 9.17) is 9.47 Å². The van der Waals surface area contributed by atoms with Crippen molar-refractivity contribution in [2.45, 2.75) is 73.0 Å². The summed E-state index contributed by atoms with van der Waals surface area (Å²) in [4.78, 5) is 40.2. The molecule has 0 aliphatic rings. The monoisotopic (exact) mass is 441 g/mol. The standard InChI is InChI=1S/C23H43N3O5/c1-12-31-20(28)16(4)13-17(15(2)3)26(10)19(27)18(22(5,6)7)25-21(29)23(8,24-9)14-30-11/h13,15,17-18,24H,12,14H2,1-11H3,(H,25,29)/b16-13+. The first-order valence-electron chi connectivity index (χ1n) is 10.8. The van der Waals surface area contributed by atoms with Gasteiger partial charge in [-0.15, -0.1) is 0 Å². The van der Waals surface area contributed by atoms with Crippen LogP contribution in [0, 0.1) is 11.3 Å². The molecular weight excluding hydrogens is 398 g/mol. The summed E-state index contributed by atoms with van der Waals surface area (Å²) in [5, 5.41) is 5.89. The van der Waals surface area contributed by atoms with E-state index in [0.717, 1.165) is 0 Å². The first-order chi connectivity index (χ1) is 14.2. The van der Waals surface area contributed by atoms with Gasteiger partial charge in [0.05, 0.1) is 19.3 Å². The number of likely N-dealkylation sites (N-methyl/N-ethyl adjacent to an activating group) is 2. The quantitative estimate of drug-likeness (QED) is 0.377. The molecule has 0 aromatic rings. The molecule has 0 aromatic heterocycles. The molecule has 0 aliphatic heterocycles. The lowest BCUT2D eigenvalue weighted by Gasteiger charge is -2.39. The van der Waals surface area contributed by atoms with Crippen molar-refractivity contribution in [2.24, 2.45) is 11.3 Å². The Morgan fingerprint density at radius 1 is 1.13 bits per heavy atom. The fourth-order valence-corrected chi connectivity index (χ4v) is 3.15. The summed E-state index contributed by atoms with van der Waals surface area (Å²) in [5.41, 5.74) is -1.07. The van der Waals surface area contributed by atoms with Gasteiger partial charge in [-0.1, -0.05) is 40.7 Å². The number of amides is 2. The average Bonchev–Trinajstić information content (AvgIpc) is 2.67. The van der Waals surface area contributed by atoms with Crippen LogP contribution >= 0.6 is 0 Å². The molecule has 180 valence electrons. The molecule has 2 amide bonds. The number of nitrogens with one attached hydrogen (secondary N) is 2. The van der Waals surface area contributed by atoms with Crippen molar-refractivity contribution in [3.05, 3.63) is 11.6 Å². The predicted octanol–water partition coefficient (Wildman–Crippen LogP) is 2.13. The molecule has 0 saturated carbocycles. The van der Waals surface area contributed by atoms with E-state index in [1.807, 2.05) is 34.6 Å². The van der Waals surface area contributed by atoms with E-state index in [9.17, 15) is 14.4 Å². The molecular formula is C23H43N3O5. The Kier molecular flexibility index (Phi) is 11.4. The summed E-state index contributed by atoms with van der Waals surface area (Å²) in [6.45, 7) is 15.3. The Bertz CT molecular complexity index is 654. The summed E-state index contributed by atoms with van der Waals surface area (Å²) in [7, 11) is 4.89. The number of rotatable bonds is 11. The largest absolute Gasteiger partial charge is 0.463 e. The van der Waals surface area contributed by atoms with Gasteiger partial charge in [-0.05, 0) is 39.2 Å². The van der Waals surface area contributed by atoms with Gasteiger partial charge in [0.15, 0.2) is 0 Å². The van der Waals surface area contributed by atoms with Crippen LogP contribution in [-0.2, 0) is 23.9 Å². The van der Waals surface area contributed by atoms with Crippen molar-refractivity contribution in [3.63, 3.8) is 0 Å². The van der Waals surface area contributed by atoms with Crippen LogP contribution in [0.5, 0.6) is 0 Å². The van der Waals surface area contributed by atoms with Crippen LogP contribution in [0.25, 0.3) is 0 Å². The van der Waals surface area contributed by atoms with Gasteiger partial charge in [0.1, 0.15) is 11.6 Å². The summed E-state index contributed by atoms with van der Waals surface area (Å²) in [6.07, 6.45) is 1.75. The van der Waals surface area contributed by atoms with E-state index in [1.54, 1.807) is 45.8 Å². The third-order valence-corrected chi connectivity index (χ3v) is 5.37. The number of carbonyl (C=O) groups is 3. The molecule has 0 bridgehead atoms. The van der Waals surface area contributed by atoms with Crippen LogP contribution in [0.3, 0.4) is 0 Å². The van der Waals surface area contributed by atoms with Gasteiger partial charge in [-0.2, -0.15) is 0 Å². The van der Waals surface area contributed by atoms with Crippen LogP contribution in [0.1, 0.15) is 55.4 Å². The van der Waals surface area contributed by atoms with Gasteiger partial charge in [0.25, 0.3) is 0 Å². The SMILES string of the molecule is CCOC(=O)/C(C)=C/C(C(C)C)N(C)C(=O)C(NC(=O)C(C)(COC)NC)C(C)(C)C. The van der Waals surface area contributed by atoms with E-state index in [-0.39, 0.29) is 37.0 Å². The van der Waals surface area contributed by atoms with E-state index in [1.165, 1.54) is 7.11 Å².